The largest absolute Gasteiger partial charge is 0.489 e. The maximum atomic E-state index is 11.4. The van der Waals surface area contributed by atoms with Crippen molar-refractivity contribution < 1.29 is 9.53 Å². The fourth-order valence-electron chi connectivity index (χ4n) is 1.31. The molecule has 0 bridgehead atoms. The first-order chi connectivity index (χ1) is 7.60. The van der Waals surface area contributed by atoms with E-state index in [1.807, 2.05) is 6.92 Å². The molecule has 0 aliphatic rings. The van der Waals surface area contributed by atoms with Crippen LogP contribution in [-0.4, -0.2) is 36.1 Å². The van der Waals surface area contributed by atoms with Crippen LogP contribution in [0.4, 0.5) is 5.82 Å². The number of hydrogen-bond donors (Lipinski definition) is 2. The molecule has 0 aliphatic carbocycles. The molecule has 7 nitrogen and oxygen atoms in total. The molecule has 3 N–H and O–H groups in total. The summed E-state index contributed by atoms with van der Waals surface area (Å²) in [7, 11) is 1.37. The van der Waals surface area contributed by atoms with Crippen LogP contribution in [0.15, 0.2) is 11.1 Å². The highest BCUT2D eigenvalue weighted by Crippen LogP contribution is 2.19. The van der Waals surface area contributed by atoms with Crippen LogP contribution < -0.4 is 20.9 Å². The molecule has 1 heterocycles. The van der Waals surface area contributed by atoms with Crippen molar-refractivity contribution >= 4 is 11.7 Å². The lowest BCUT2D eigenvalue weighted by Gasteiger charge is -2.21. The third-order valence-electron chi connectivity index (χ3n) is 2.02. The third-order valence-corrected chi connectivity index (χ3v) is 2.02. The minimum Gasteiger partial charge on any atom is -0.489 e. The van der Waals surface area contributed by atoms with Crippen molar-refractivity contribution in [1.29, 1.82) is 0 Å². The fourth-order valence-corrected chi connectivity index (χ4v) is 1.31. The second kappa shape index (κ2) is 5.15. The normalized spacial score (nSPS) is 9.88. The molecule has 1 rings (SSSR count). The van der Waals surface area contributed by atoms with Crippen molar-refractivity contribution in [1.82, 2.24) is 9.97 Å². The number of aromatic amines is 1. The van der Waals surface area contributed by atoms with Crippen LogP contribution in [0, 0.1) is 0 Å². The topological polar surface area (TPSA) is 101 Å². The number of nitrogens with zero attached hydrogens (tertiary/aromatic N) is 2. The molecule has 1 aromatic rings. The number of aromatic nitrogens is 2. The molecule has 0 saturated carbocycles. The average molecular weight is 226 g/mol. The van der Waals surface area contributed by atoms with Gasteiger partial charge in [0.15, 0.2) is 5.82 Å². The monoisotopic (exact) mass is 226 g/mol. The first-order valence-corrected chi connectivity index (χ1v) is 4.75. The van der Waals surface area contributed by atoms with Gasteiger partial charge in [0.1, 0.15) is 0 Å². The molecule has 1 amide bonds. The molecule has 0 saturated heterocycles. The van der Waals surface area contributed by atoms with Gasteiger partial charge in [-0.1, -0.05) is 0 Å². The van der Waals surface area contributed by atoms with Gasteiger partial charge in [-0.3, -0.25) is 9.59 Å². The Labute approximate surface area is 92.2 Å². The Hall–Kier alpha value is -2.05. The zero-order valence-electron chi connectivity index (χ0n) is 9.19. The molecule has 0 atom stereocenters. The lowest BCUT2D eigenvalue weighted by Crippen LogP contribution is -2.35. The van der Waals surface area contributed by atoms with Crippen LogP contribution >= 0.6 is 0 Å². The van der Waals surface area contributed by atoms with E-state index in [9.17, 15) is 9.59 Å². The first-order valence-electron chi connectivity index (χ1n) is 4.75. The van der Waals surface area contributed by atoms with Crippen molar-refractivity contribution in [2.75, 3.05) is 25.1 Å². The van der Waals surface area contributed by atoms with Gasteiger partial charge >= 0.3 is 0 Å². The van der Waals surface area contributed by atoms with Crippen LogP contribution in [0.1, 0.15) is 6.92 Å². The molecule has 88 valence electrons. The van der Waals surface area contributed by atoms with Crippen LogP contribution in [0.2, 0.25) is 0 Å². The molecule has 0 aliphatic heterocycles. The van der Waals surface area contributed by atoms with E-state index in [1.54, 1.807) is 4.90 Å². The zero-order valence-corrected chi connectivity index (χ0v) is 9.19. The number of likely N-dealkylation sites (N-methyl/N-ethyl adjacent to an activating group) is 1. The Morgan fingerprint density at radius 1 is 1.69 bits per heavy atom. The first kappa shape index (κ1) is 12.0. The van der Waals surface area contributed by atoms with Crippen molar-refractivity contribution in [2.24, 2.45) is 5.73 Å². The van der Waals surface area contributed by atoms with E-state index in [4.69, 9.17) is 10.5 Å². The standard InChI is InChI=1S/C9H14N4O3/c1-3-13(4-6(10)14)8-7(16-2)9(15)12-5-11-8/h5H,3-4H2,1-2H3,(H2,10,14)(H,11,12,15). The number of primary amides is 1. The maximum Gasteiger partial charge on any atom is 0.295 e. The summed E-state index contributed by atoms with van der Waals surface area (Å²) in [5.41, 5.74) is 4.71. The van der Waals surface area contributed by atoms with E-state index in [0.717, 1.165) is 0 Å². The molecule has 0 aromatic carbocycles. The fraction of sp³-hybridized carbons (Fsp3) is 0.444. The molecular weight excluding hydrogens is 212 g/mol. The van der Waals surface area contributed by atoms with Gasteiger partial charge in [0.2, 0.25) is 11.7 Å². The number of methoxy groups -OCH3 is 1. The van der Waals surface area contributed by atoms with Gasteiger partial charge in [-0.15, -0.1) is 0 Å². The minimum atomic E-state index is -0.494. The summed E-state index contributed by atoms with van der Waals surface area (Å²) >= 11 is 0. The molecule has 7 heteroatoms. The van der Waals surface area contributed by atoms with Crippen LogP contribution in [0.5, 0.6) is 5.75 Å². The van der Waals surface area contributed by atoms with Crippen LogP contribution in [0.3, 0.4) is 0 Å². The van der Waals surface area contributed by atoms with E-state index in [-0.39, 0.29) is 12.3 Å². The second-order valence-corrected chi connectivity index (χ2v) is 3.07. The second-order valence-electron chi connectivity index (χ2n) is 3.07. The number of hydrogen-bond acceptors (Lipinski definition) is 5. The summed E-state index contributed by atoms with van der Waals surface area (Å²) < 4.78 is 4.94. The highest BCUT2D eigenvalue weighted by molar-refractivity contribution is 5.79. The predicted octanol–water partition coefficient (Wildman–Crippen LogP) is -0.910. The Kier molecular flexibility index (Phi) is 3.87. The number of ether oxygens (including phenoxy) is 1. The maximum absolute atomic E-state index is 11.4. The van der Waals surface area contributed by atoms with Gasteiger partial charge in [0.05, 0.1) is 20.0 Å². The SMILES string of the molecule is CCN(CC(N)=O)c1nc[nH]c(=O)c1OC. The number of carbonyl (C=O) groups is 1. The van der Waals surface area contributed by atoms with Gasteiger partial charge in [0, 0.05) is 6.54 Å². The minimum absolute atomic E-state index is 0.0106. The van der Waals surface area contributed by atoms with E-state index in [0.29, 0.717) is 12.4 Å². The molecule has 16 heavy (non-hydrogen) atoms. The van der Waals surface area contributed by atoms with Gasteiger partial charge in [-0.05, 0) is 6.92 Å². The molecule has 0 fully saturated rings. The summed E-state index contributed by atoms with van der Waals surface area (Å²) in [5.74, 6) is -0.107. The summed E-state index contributed by atoms with van der Waals surface area (Å²) in [6.45, 7) is 2.31. The number of H-pyrrole nitrogens is 1. The molecule has 1 aromatic heterocycles. The van der Waals surface area contributed by atoms with Gasteiger partial charge in [-0.25, -0.2) is 4.98 Å². The number of nitrogens with one attached hydrogen (secondary N) is 1. The molecule has 0 unspecified atom stereocenters. The average Bonchev–Trinajstić information content (AvgIpc) is 2.25. The van der Waals surface area contributed by atoms with Crippen molar-refractivity contribution in [3.8, 4) is 5.75 Å². The number of carbonyl (C=O) groups excluding carboxylic acids is 1. The van der Waals surface area contributed by atoms with E-state index in [1.165, 1.54) is 13.4 Å². The van der Waals surface area contributed by atoms with Crippen molar-refractivity contribution in [2.45, 2.75) is 6.92 Å². The highest BCUT2D eigenvalue weighted by atomic mass is 16.5. The summed E-state index contributed by atoms with van der Waals surface area (Å²) in [6, 6.07) is 0. The Balaban J connectivity index is 3.14. The molecule has 0 spiro atoms. The van der Waals surface area contributed by atoms with Crippen LogP contribution in [0.25, 0.3) is 0 Å². The quantitative estimate of drug-likeness (QED) is 0.676. The summed E-state index contributed by atoms with van der Waals surface area (Å²) in [4.78, 5) is 30.2. The predicted molar refractivity (Wildman–Crippen MR) is 58.5 cm³/mol. The van der Waals surface area contributed by atoms with Gasteiger partial charge in [-0.2, -0.15) is 0 Å². The number of nitrogens with two attached hydrogens (primary N) is 1. The van der Waals surface area contributed by atoms with Gasteiger partial charge in [0.25, 0.3) is 5.56 Å². The summed E-state index contributed by atoms with van der Waals surface area (Å²) in [5, 5.41) is 0. The van der Waals surface area contributed by atoms with Crippen molar-refractivity contribution in [3.05, 3.63) is 16.7 Å². The molecular formula is C9H14N4O3. The van der Waals surface area contributed by atoms with Crippen LogP contribution in [-0.2, 0) is 4.79 Å². The number of anilines is 1. The number of rotatable bonds is 5. The van der Waals surface area contributed by atoms with E-state index in [2.05, 4.69) is 9.97 Å². The Bertz CT molecular complexity index is 429. The van der Waals surface area contributed by atoms with Gasteiger partial charge < -0.3 is 20.4 Å². The van der Waals surface area contributed by atoms with E-state index >= 15 is 0 Å². The smallest absolute Gasteiger partial charge is 0.295 e. The lowest BCUT2D eigenvalue weighted by atomic mass is 10.4. The third kappa shape index (κ3) is 2.50. The lowest BCUT2D eigenvalue weighted by molar-refractivity contribution is -0.116. The Morgan fingerprint density at radius 3 is 2.88 bits per heavy atom. The van der Waals surface area contributed by atoms with Crippen molar-refractivity contribution in [3.63, 3.8) is 0 Å². The summed E-state index contributed by atoms with van der Waals surface area (Å²) in [6.07, 6.45) is 1.25. The number of amides is 1. The van der Waals surface area contributed by atoms with E-state index < -0.39 is 11.5 Å². The Morgan fingerprint density at radius 2 is 2.38 bits per heavy atom. The zero-order chi connectivity index (χ0) is 12.1. The molecule has 0 radical (unpaired) electrons. The highest BCUT2D eigenvalue weighted by Gasteiger charge is 2.16.